The number of sulfonamides is 1. The molecule has 2 aromatic carbocycles. The molecule has 1 heterocycles. The predicted molar refractivity (Wildman–Crippen MR) is 95.9 cm³/mol. The Morgan fingerprint density at radius 1 is 1.16 bits per heavy atom. The Kier molecular flexibility index (Phi) is 4.76. The van der Waals surface area contributed by atoms with Crippen LogP contribution < -0.4 is 9.62 Å². The van der Waals surface area contributed by atoms with Crippen molar-refractivity contribution in [2.24, 2.45) is 0 Å². The quantitative estimate of drug-likeness (QED) is 0.911. The second-order valence-electron chi connectivity index (χ2n) is 6.06. The Morgan fingerprint density at radius 2 is 1.96 bits per heavy atom. The van der Waals surface area contributed by atoms with Crippen LogP contribution in [-0.4, -0.2) is 26.6 Å². The maximum Gasteiger partial charge on any atom is 0.255 e. The highest BCUT2D eigenvalue weighted by Gasteiger charge is 2.27. The van der Waals surface area contributed by atoms with Crippen LogP contribution in [0.3, 0.4) is 0 Å². The summed E-state index contributed by atoms with van der Waals surface area (Å²) in [7, 11) is -3.35. The van der Waals surface area contributed by atoms with E-state index in [4.69, 9.17) is 0 Å². The highest BCUT2D eigenvalue weighted by Crippen LogP contribution is 2.28. The second-order valence-corrected chi connectivity index (χ2v) is 8.07. The highest BCUT2D eigenvalue weighted by molar-refractivity contribution is 7.92. The summed E-state index contributed by atoms with van der Waals surface area (Å²) in [6.07, 6.45) is 1.44. The van der Waals surface area contributed by atoms with Crippen molar-refractivity contribution in [2.75, 3.05) is 21.9 Å². The Morgan fingerprint density at radius 3 is 2.68 bits per heavy atom. The summed E-state index contributed by atoms with van der Waals surface area (Å²) in [5, 5.41) is 2.62. The number of aryl methyl sites for hydroxylation is 1. The Labute approximate surface area is 146 Å². The summed E-state index contributed by atoms with van der Waals surface area (Å²) in [6, 6.07) is 10.5. The standard InChI is InChI=1S/C18H19FN2O3S/c1-13-7-8-14(18(22)20-16-6-4-5-15(19)12-16)11-17(13)21-9-2-3-10-25(21,23)24/h4-8,11-12H,2-3,9-10H2,1H3,(H,20,22). The van der Waals surface area contributed by atoms with E-state index < -0.39 is 21.7 Å². The molecule has 1 aliphatic heterocycles. The minimum Gasteiger partial charge on any atom is -0.322 e. The van der Waals surface area contributed by atoms with Crippen LogP contribution in [0.5, 0.6) is 0 Å². The monoisotopic (exact) mass is 362 g/mol. The third-order valence-corrected chi connectivity index (χ3v) is 6.03. The van der Waals surface area contributed by atoms with Crippen molar-refractivity contribution in [3.05, 3.63) is 59.4 Å². The number of halogens is 1. The number of carbonyl (C=O) groups excluding carboxylic acids is 1. The minimum absolute atomic E-state index is 0.117. The largest absolute Gasteiger partial charge is 0.322 e. The van der Waals surface area contributed by atoms with E-state index in [0.29, 0.717) is 29.9 Å². The zero-order valence-electron chi connectivity index (χ0n) is 13.8. The van der Waals surface area contributed by atoms with Crippen molar-refractivity contribution in [3.8, 4) is 0 Å². The summed E-state index contributed by atoms with van der Waals surface area (Å²) in [4.78, 5) is 12.4. The van der Waals surface area contributed by atoms with Crippen LogP contribution in [0.4, 0.5) is 15.8 Å². The molecule has 7 heteroatoms. The van der Waals surface area contributed by atoms with Gasteiger partial charge in [-0.3, -0.25) is 9.10 Å². The van der Waals surface area contributed by atoms with E-state index in [1.807, 2.05) is 6.92 Å². The Balaban J connectivity index is 1.89. The average Bonchev–Trinajstić information content (AvgIpc) is 2.55. The average molecular weight is 362 g/mol. The zero-order chi connectivity index (χ0) is 18.0. The summed E-state index contributed by atoms with van der Waals surface area (Å²) < 4.78 is 39.3. The van der Waals surface area contributed by atoms with Crippen LogP contribution in [0.15, 0.2) is 42.5 Å². The van der Waals surface area contributed by atoms with Gasteiger partial charge >= 0.3 is 0 Å². The molecule has 1 saturated heterocycles. The molecule has 1 amide bonds. The number of benzene rings is 2. The van der Waals surface area contributed by atoms with Crippen molar-refractivity contribution in [2.45, 2.75) is 19.8 Å². The van der Waals surface area contributed by atoms with E-state index in [1.54, 1.807) is 24.3 Å². The molecule has 0 radical (unpaired) electrons. The van der Waals surface area contributed by atoms with Crippen molar-refractivity contribution in [1.82, 2.24) is 0 Å². The van der Waals surface area contributed by atoms with Gasteiger partial charge in [0.25, 0.3) is 5.91 Å². The fourth-order valence-corrected chi connectivity index (χ4v) is 4.54. The van der Waals surface area contributed by atoms with Gasteiger partial charge in [-0.2, -0.15) is 0 Å². The maximum absolute atomic E-state index is 13.2. The van der Waals surface area contributed by atoms with Gasteiger partial charge in [-0.1, -0.05) is 12.1 Å². The molecule has 1 N–H and O–H groups in total. The molecular weight excluding hydrogens is 343 g/mol. The van der Waals surface area contributed by atoms with Gasteiger partial charge in [0.1, 0.15) is 5.82 Å². The van der Waals surface area contributed by atoms with Crippen LogP contribution in [0.25, 0.3) is 0 Å². The Hall–Kier alpha value is -2.41. The van der Waals surface area contributed by atoms with E-state index >= 15 is 0 Å². The lowest BCUT2D eigenvalue weighted by Gasteiger charge is -2.29. The molecule has 5 nitrogen and oxygen atoms in total. The molecule has 1 aliphatic rings. The van der Waals surface area contributed by atoms with Gasteiger partial charge in [0.2, 0.25) is 10.0 Å². The summed E-state index contributed by atoms with van der Waals surface area (Å²) in [5.74, 6) is -0.741. The number of nitrogens with zero attached hydrogens (tertiary/aromatic N) is 1. The third-order valence-electron chi connectivity index (χ3n) is 4.17. The first kappa shape index (κ1) is 17.4. The molecule has 0 aromatic heterocycles. The predicted octanol–water partition coefficient (Wildman–Crippen LogP) is 3.32. The van der Waals surface area contributed by atoms with Crippen LogP contribution in [-0.2, 0) is 10.0 Å². The topological polar surface area (TPSA) is 66.5 Å². The summed E-state index contributed by atoms with van der Waals surface area (Å²) in [6.45, 7) is 2.23. The van der Waals surface area contributed by atoms with Crippen molar-refractivity contribution >= 4 is 27.3 Å². The van der Waals surface area contributed by atoms with E-state index in [0.717, 1.165) is 12.0 Å². The van der Waals surface area contributed by atoms with E-state index in [9.17, 15) is 17.6 Å². The van der Waals surface area contributed by atoms with E-state index in [-0.39, 0.29) is 5.75 Å². The van der Waals surface area contributed by atoms with Crippen LogP contribution in [0, 0.1) is 12.7 Å². The molecule has 0 spiro atoms. The normalized spacial score (nSPS) is 16.5. The van der Waals surface area contributed by atoms with Gasteiger partial charge in [0, 0.05) is 17.8 Å². The number of amides is 1. The third kappa shape index (κ3) is 3.82. The molecule has 2 aromatic rings. The maximum atomic E-state index is 13.2. The number of nitrogens with one attached hydrogen (secondary N) is 1. The fraction of sp³-hybridized carbons (Fsp3) is 0.278. The smallest absolute Gasteiger partial charge is 0.255 e. The molecule has 132 valence electrons. The number of rotatable bonds is 3. The second kappa shape index (κ2) is 6.84. The van der Waals surface area contributed by atoms with Gasteiger partial charge in [0.05, 0.1) is 11.4 Å². The molecule has 0 unspecified atom stereocenters. The number of anilines is 2. The van der Waals surface area contributed by atoms with Crippen molar-refractivity contribution in [1.29, 1.82) is 0 Å². The SMILES string of the molecule is Cc1ccc(C(=O)Nc2cccc(F)c2)cc1N1CCCCS1(=O)=O. The summed E-state index contributed by atoms with van der Waals surface area (Å²) >= 11 is 0. The first-order valence-corrected chi connectivity index (χ1v) is 9.66. The Bertz CT molecular complexity index is 912. The van der Waals surface area contributed by atoms with Crippen LogP contribution >= 0.6 is 0 Å². The van der Waals surface area contributed by atoms with Gasteiger partial charge in [-0.25, -0.2) is 12.8 Å². The number of carbonyl (C=O) groups is 1. The van der Waals surface area contributed by atoms with Crippen LogP contribution in [0.1, 0.15) is 28.8 Å². The van der Waals surface area contributed by atoms with Gasteiger partial charge < -0.3 is 5.32 Å². The lowest BCUT2D eigenvalue weighted by atomic mass is 10.1. The van der Waals surface area contributed by atoms with Crippen LogP contribution in [0.2, 0.25) is 0 Å². The molecule has 0 atom stereocenters. The molecule has 0 saturated carbocycles. The molecule has 3 rings (SSSR count). The fourth-order valence-electron chi connectivity index (χ4n) is 2.85. The lowest BCUT2D eigenvalue weighted by molar-refractivity contribution is 0.102. The van der Waals surface area contributed by atoms with Crippen molar-refractivity contribution < 1.29 is 17.6 Å². The van der Waals surface area contributed by atoms with Crippen molar-refractivity contribution in [3.63, 3.8) is 0 Å². The summed E-state index contributed by atoms with van der Waals surface area (Å²) in [5.41, 5.74) is 1.97. The lowest BCUT2D eigenvalue weighted by Crippen LogP contribution is -2.38. The molecule has 25 heavy (non-hydrogen) atoms. The van der Waals surface area contributed by atoms with Gasteiger partial charge in [-0.05, 0) is 55.7 Å². The zero-order valence-corrected chi connectivity index (χ0v) is 14.6. The first-order valence-electron chi connectivity index (χ1n) is 8.05. The first-order chi connectivity index (χ1) is 11.9. The molecule has 0 bridgehead atoms. The number of hydrogen-bond donors (Lipinski definition) is 1. The molecule has 1 fully saturated rings. The van der Waals surface area contributed by atoms with E-state index in [1.165, 1.54) is 22.5 Å². The molecular formula is C18H19FN2O3S. The van der Waals surface area contributed by atoms with E-state index in [2.05, 4.69) is 5.32 Å². The molecule has 0 aliphatic carbocycles. The minimum atomic E-state index is -3.35. The van der Waals surface area contributed by atoms with Gasteiger partial charge in [0.15, 0.2) is 0 Å². The highest BCUT2D eigenvalue weighted by atomic mass is 32.2. The van der Waals surface area contributed by atoms with Gasteiger partial charge in [-0.15, -0.1) is 0 Å². The number of hydrogen-bond acceptors (Lipinski definition) is 3.